The van der Waals surface area contributed by atoms with Crippen LogP contribution in [0.15, 0.2) is 24.3 Å². The highest BCUT2D eigenvalue weighted by atomic mass is 16.5. The molecule has 1 aromatic rings. The Labute approximate surface area is 114 Å². The zero-order valence-corrected chi connectivity index (χ0v) is 11.4. The van der Waals surface area contributed by atoms with Gasteiger partial charge in [-0.2, -0.15) is 0 Å². The van der Waals surface area contributed by atoms with Crippen molar-refractivity contribution in [3.8, 4) is 5.75 Å². The van der Waals surface area contributed by atoms with E-state index in [4.69, 9.17) is 10.5 Å². The van der Waals surface area contributed by atoms with Crippen molar-refractivity contribution in [2.24, 2.45) is 5.73 Å². The molecule has 2 rings (SSSR count). The van der Waals surface area contributed by atoms with Gasteiger partial charge in [-0.25, -0.2) is 0 Å². The van der Waals surface area contributed by atoms with Crippen LogP contribution in [0.2, 0.25) is 0 Å². The van der Waals surface area contributed by atoms with Crippen molar-refractivity contribution in [3.63, 3.8) is 0 Å². The standard InChI is InChI=1S/C15H22N2O2/c1-2-19-13-9-5-6-11(10-13)14(15(16)18)17-12-7-3-4-8-12/h5-6,9-10,12,14,17H,2-4,7-8H2,1H3,(H2,16,18). The number of carbonyl (C=O) groups is 1. The number of primary amides is 1. The Morgan fingerprint density at radius 1 is 1.47 bits per heavy atom. The van der Waals surface area contributed by atoms with Gasteiger partial charge in [0.15, 0.2) is 0 Å². The van der Waals surface area contributed by atoms with Gasteiger partial charge in [0.1, 0.15) is 11.8 Å². The van der Waals surface area contributed by atoms with Crippen LogP contribution in [0.1, 0.15) is 44.2 Å². The van der Waals surface area contributed by atoms with Crippen LogP contribution in [0, 0.1) is 0 Å². The van der Waals surface area contributed by atoms with Crippen LogP contribution < -0.4 is 15.8 Å². The molecule has 0 radical (unpaired) electrons. The monoisotopic (exact) mass is 262 g/mol. The number of carbonyl (C=O) groups excluding carboxylic acids is 1. The highest BCUT2D eigenvalue weighted by molar-refractivity contribution is 5.81. The molecule has 0 bridgehead atoms. The van der Waals surface area contributed by atoms with E-state index in [2.05, 4.69) is 5.32 Å². The van der Waals surface area contributed by atoms with Crippen molar-refractivity contribution in [3.05, 3.63) is 29.8 Å². The molecular weight excluding hydrogens is 240 g/mol. The maximum Gasteiger partial charge on any atom is 0.239 e. The minimum atomic E-state index is -0.427. The second-order valence-electron chi connectivity index (χ2n) is 4.99. The van der Waals surface area contributed by atoms with Crippen LogP contribution in [-0.2, 0) is 4.79 Å². The zero-order valence-electron chi connectivity index (χ0n) is 11.4. The van der Waals surface area contributed by atoms with Gasteiger partial charge in [-0.05, 0) is 37.5 Å². The molecule has 4 heteroatoms. The van der Waals surface area contributed by atoms with Crippen LogP contribution in [0.4, 0.5) is 0 Å². The molecule has 0 heterocycles. The SMILES string of the molecule is CCOc1cccc(C(NC2CCCC2)C(N)=O)c1. The normalized spacial score (nSPS) is 17.3. The number of hydrogen-bond donors (Lipinski definition) is 2. The quantitative estimate of drug-likeness (QED) is 0.825. The first kappa shape index (κ1) is 13.9. The smallest absolute Gasteiger partial charge is 0.239 e. The van der Waals surface area contributed by atoms with Crippen molar-refractivity contribution >= 4 is 5.91 Å². The summed E-state index contributed by atoms with van der Waals surface area (Å²) < 4.78 is 5.47. The third kappa shape index (κ3) is 3.70. The molecule has 1 atom stereocenters. The predicted molar refractivity (Wildman–Crippen MR) is 74.9 cm³/mol. The topological polar surface area (TPSA) is 64.3 Å². The van der Waals surface area contributed by atoms with Gasteiger partial charge in [-0.3, -0.25) is 10.1 Å². The Bertz CT molecular complexity index is 428. The van der Waals surface area contributed by atoms with Gasteiger partial charge in [0.25, 0.3) is 0 Å². The largest absolute Gasteiger partial charge is 0.494 e. The molecule has 3 N–H and O–H groups in total. The number of nitrogens with one attached hydrogen (secondary N) is 1. The minimum Gasteiger partial charge on any atom is -0.494 e. The molecule has 104 valence electrons. The highest BCUT2D eigenvalue weighted by Crippen LogP contribution is 2.24. The fraction of sp³-hybridized carbons (Fsp3) is 0.533. The van der Waals surface area contributed by atoms with Crippen LogP contribution in [-0.4, -0.2) is 18.6 Å². The second kappa shape index (κ2) is 6.57. The fourth-order valence-electron chi connectivity index (χ4n) is 2.62. The molecule has 1 fully saturated rings. The number of rotatable bonds is 6. The molecule has 1 amide bonds. The van der Waals surface area contributed by atoms with E-state index in [-0.39, 0.29) is 5.91 Å². The van der Waals surface area contributed by atoms with Gasteiger partial charge in [-0.15, -0.1) is 0 Å². The molecule has 1 aromatic carbocycles. The van der Waals surface area contributed by atoms with E-state index in [9.17, 15) is 4.79 Å². The average Bonchev–Trinajstić information content (AvgIpc) is 2.89. The van der Waals surface area contributed by atoms with Crippen molar-refractivity contribution in [1.82, 2.24) is 5.32 Å². The number of nitrogens with two attached hydrogens (primary N) is 1. The predicted octanol–water partition coefficient (Wildman–Crippen LogP) is 2.14. The van der Waals surface area contributed by atoms with E-state index in [1.165, 1.54) is 12.8 Å². The molecule has 1 unspecified atom stereocenters. The first-order valence-electron chi connectivity index (χ1n) is 6.99. The Kier molecular flexibility index (Phi) is 4.80. The van der Waals surface area contributed by atoms with Crippen molar-refractivity contribution in [2.45, 2.75) is 44.7 Å². The van der Waals surface area contributed by atoms with Crippen LogP contribution >= 0.6 is 0 Å². The van der Waals surface area contributed by atoms with Gasteiger partial charge in [0.05, 0.1) is 6.61 Å². The number of amides is 1. The van der Waals surface area contributed by atoms with Crippen molar-refractivity contribution in [2.75, 3.05) is 6.61 Å². The van der Waals surface area contributed by atoms with Crippen LogP contribution in [0.25, 0.3) is 0 Å². The third-order valence-electron chi connectivity index (χ3n) is 3.54. The summed E-state index contributed by atoms with van der Waals surface area (Å²) >= 11 is 0. The Morgan fingerprint density at radius 2 is 2.21 bits per heavy atom. The summed E-state index contributed by atoms with van der Waals surface area (Å²) in [5.74, 6) is 0.444. The summed E-state index contributed by atoms with van der Waals surface area (Å²) in [5.41, 5.74) is 6.41. The number of ether oxygens (including phenoxy) is 1. The lowest BCUT2D eigenvalue weighted by molar-refractivity contribution is -0.120. The number of hydrogen-bond acceptors (Lipinski definition) is 3. The van der Waals surface area contributed by atoms with E-state index < -0.39 is 6.04 Å². The lowest BCUT2D eigenvalue weighted by Gasteiger charge is -2.21. The summed E-state index contributed by atoms with van der Waals surface area (Å²) in [6, 6.07) is 7.56. The molecule has 0 saturated heterocycles. The molecule has 0 spiro atoms. The first-order valence-corrected chi connectivity index (χ1v) is 6.99. The summed E-state index contributed by atoms with van der Waals surface area (Å²) in [6.45, 7) is 2.55. The van der Waals surface area contributed by atoms with E-state index in [1.54, 1.807) is 0 Å². The van der Waals surface area contributed by atoms with Gasteiger partial charge >= 0.3 is 0 Å². The molecule has 19 heavy (non-hydrogen) atoms. The van der Waals surface area contributed by atoms with Crippen molar-refractivity contribution < 1.29 is 9.53 Å². The molecule has 0 aliphatic heterocycles. The lowest BCUT2D eigenvalue weighted by Crippen LogP contribution is -2.38. The fourth-order valence-corrected chi connectivity index (χ4v) is 2.62. The Morgan fingerprint density at radius 3 is 2.84 bits per heavy atom. The van der Waals surface area contributed by atoms with Gasteiger partial charge in [0.2, 0.25) is 5.91 Å². The molecule has 1 aliphatic rings. The lowest BCUT2D eigenvalue weighted by atomic mass is 10.0. The van der Waals surface area contributed by atoms with Crippen LogP contribution in [0.5, 0.6) is 5.75 Å². The summed E-state index contributed by atoms with van der Waals surface area (Å²) in [7, 11) is 0. The van der Waals surface area contributed by atoms with Gasteiger partial charge in [-0.1, -0.05) is 25.0 Å². The third-order valence-corrected chi connectivity index (χ3v) is 3.54. The van der Waals surface area contributed by atoms with E-state index >= 15 is 0 Å². The molecule has 4 nitrogen and oxygen atoms in total. The highest BCUT2D eigenvalue weighted by Gasteiger charge is 2.24. The number of benzene rings is 1. The summed E-state index contributed by atoms with van der Waals surface area (Å²) in [5, 5.41) is 3.37. The maximum absolute atomic E-state index is 11.7. The second-order valence-corrected chi connectivity index (χ2v) is 4.99. The van der Waals surface area contributed by atoms with Crippen molar-refractivity contribution in [1.29, 1.82) is 0 Å². The minimum absolute atomic E-state index is 0.333. The Hall–Kier alpha value is -1.55. The van der Waals surface area contributed by atoms with E-state index in [0.29, 0.717) is 12.6 Å². The van der Waals surface area contributed by atoms with Gasteiger partial charge in [0, 0.05) is 6.04 Å². The van der Waals surface area contributed by atoms with E-state index in [0.717, 1.165) is 24.2 Å². The zero-order chi connectivity index (χ0) is 13.7. The maximum atomic E-state index is 11.7. The molecule has 1 saturated carbocycles. The first-order chi connectivity index (χ1) is 9.20. The van der Waals surface area contributed by atoms with E-state index in [1.807, 2.05) is 31.2 Å². The molecule has 0 aromatic heterocycles. The summed E-state index contributed by atoms with van der Waals surface area (Å²) in [4.78, 5) is 11.7. The average molecular weight is 262 g/mol. The molecular formula is C15H22N2O2. The Balaban J connectivity index is 2.13. The molecule has 1 aliphatic carbocycles. The summed E-state index contributed by atoms with van der Waals surface area (Å²) in [6.07, 6.45) is 4.69. The van der Waals surface area contributed by atoms with Gasteiger partial charge < -0.3 is 10.5 Å². The van der Waals surface area contributed by atoms with Crippen LogP contribution in [0.3, 0.4) is 0 Å².